The van der Waals surface area contributed by atoms with E-state index in [9.17, 15) is 4.79 Å². The van der Waals surface area contributed by atoms with Gasteiger partial charge in [-0.15, -0.1) is 0 Å². The van der Waals surface area contributed by atoms with E-state index < -0.39 is 6.04 Å². The molecule has 108 valence electrons. The molecule has 2 aromatic rings. The molecule has 0 amide bonds. The Balaban J connectivity index is 2.13. The molecule has 1 unspecified atom stereocenters. The summed E-state index contributed by atoms with van der Waals surface area (Å²) in [5, 5.41) is 14.6. The van der Waals surface area contributed by atoms with Crippen LogP contribution in [0, 0.1) is 0 Å². The van der Waals surface area contributed by atoms with Crippen molar-refractivity contribution >= 4 is 11.9 Å². The number of esters is 1. The van der Waals surface area contributed by atoms with Crippen molar-refractivity contribution < 1.29 is 9.53 Å². The van der Waals surface area contributed by atoms with Crippen molar-refractivity contribution in [3.05, 3.63) is 41.4 Å². The predicted octanol–water partition coefficient (Wildman–Crippen LogP) is 0.920. The molecule has 1 aliphatic heterocycles. The van der Waals surface area contributed by atoms with E-state index in [1.165, 1.54) is 0 Å². The number of tetrazole rings is 1. The summed E-state index contributed by atoms with van der Waals surface area (Å²) in [7, 11) is 0. The Labute approximate surface area is 120 Å². The third kappa shape index (κ3) is 2.24. The highest BCUT2D eigenvalue weighted by atomic mass is 16.5. The second kappa shape index (κ2) is 5.31. The van der Waals surface area contributed by atoms with Gasteiger partial charge in [0.25, 0.3) is 0 Å². The van der Waals surface area contributed by atoms with Crippen LogP contribution in [0.25, 0.3) is 0 Å². The van der Waals surface area contributed by atoms with Crippen molar-refractivity contribution in [2.24, 2.45) is 0 Å². The van der Waals surface area contributed by atoms with Crippen LogP contribution in [0.4, 0.5) is 5.95 Å². The number of fused-ring (bicyclic) bond motifs is 1. The van der Waals surface area contributed by atoms with Crippen LogP contribution in [0.1, 0.15) is 25.5 Å². The molecule has 0 saturated heterocycles. The number of carbonyl (C=O) groups excluding carboxylic acids is 1. The molecule has 0 aliphatic carbocycles. The maximum atomic E-state index is 12.3. The van der Waals surface area contributed by atoms with Gasteiger partial charge in [-0.2, -0.15) is 4.68 Å². The third-order valence-electron chi connectivity index (χ3n) is 3.23. The van der Waals surface area contributed by atoms with Gasteiger partial charge in [-0.05, 0) is 42.0 Å². The van der Waals surface area contributed by atoms with Gasteiger partial charge in [-0.3, -0.25) is 4.98 Å². The van der Waals surface area contributed by atoms with E-state index in [1.807, 2.05) is 12.1 Å². The molecule has 2 aromatic heterocycles. The van der Waals surface area contributed by atoms with Gasteiger partial charge >= 0.3 is 5.97 Å². The maximum Gasteiger partial charge on any atom is 0.338 e. The molecule has 1 N–H and O–H groups in total. The molecule has 0 aromatic carbocycles. The van der Waals surface area contributed by atoms with E-state index in [1.54, 1.807) is 30.9 Å². The fraction of sp³-hybridized carbons (Fsp3) is 0.308. The van der Waals surface area contributed by atoms with Gasteiger partial charge in [0.1, 0.15) is 6.04 Å². The van der Waals surface area contributed by atoms with Crippen LogP contribution in [-0.2, 0) is 9.53 Å². The molecule has 0 fully saturated rings. The minimum Gasteiger partial charge on any atom is -0.463 e. The molecule has 8 nitrogen and oxygen atoms in total. The number of rotatable bonds is 3. The Hall–Kier alpha value is -2.77. The molecule has 1 aliphatic rings. The summed E-state index contributed by atoms with van der Waals surface area (Å²) in [5.74, 6) is 0.104. The minimum absolute atomic E-state index is 0.307. The summed E-state index contributed by atoms with van der Waals surface area (Å²) in [6, 6.07) is 3.22. The van der Waals surface area contributed by atoms with Crippen LogP contribution < -0.4 is 5.32 Å². The normalized spacial score (nSPS) is 17.1. The lowest BCUT2D eigenvalue weighted by Gasteiger charge is -2.27. The van der Waals surface area contributed by atoms with Crippen LogP contribution >= 0.6 is 0 Å². The standard InChI is InChI=1S/C13H14N6O2/c1-3-21-12(20)10-8(2)15-13-16-17-18-19(13)11(10)9-4-6-14-7-5-9/h4-7,11H,3H2,1-2H3,(H,15,16,18). The third-order valence-corrected chi connectivity index (χ3v) is 3.23. The van der Waals surface area contributed by atoms with E-state index in [2.05, 4.69) is 25.8 Å². The largest absolute Gasteiger partial charge is 0.463 e. The van der Waals surface area contributed by atoms with Gasteiger partial charge in [0.05, 0.1) is 12.2 Å². The molecule has 8 heteroatoms. The number of hydrogen-bond acceptors (Lipinski definition) is 7. The molecule has 0 bridgehead atoms. The fourth-order valence-corrected chi connectivity index (χ4v) is 2.34. The molecule has 1 atom stereocenters. The maximum absolute atomic E-state index is 12.3. The average molecular weight is 286 g/mol. The summed E-state index contributed by atoms with van der Waals surface area (Å²) >= 11 is 0. The first-order valence-corrected chi connectivity index (χ1v) is 6.55. The van der Waals surface area contributed by atoms with E-state index in [-0.39, 0.29) is 5.97 Å². The van der Waals surface area contributed by atoms with Gasteiger partial charge in [-0.25, -0.2) is 4.79 Å². The van der Waals surface area contributed by atoms with Crippen LogP contribution in [-0.4, -0.2) is 37.8 Å². The van der Waals surface area contributed by atoms with Crippen LogP contribution in [0.15, 0.2) is 35.8 Å². The molecule has 0 saturated carbocycles. The number of ether oxygens (including phenoxy) is 1. The van der Waals surface area contributed by atoms with E-state index >= 15 is 0 Å². The molecule has 0 radical (unpaired) electrons. The number of nitrogens with zero attached hydrogens (tertiary/aromatic N) is 5. The lowest BCUT2D eigenvalue weighted by atomic mass is 9.97. The molecule has 21 heavy (non-hydrogen) atoms. The first-order chi connectivity index (χ1) is 10.2. The second-order valence-corrected chi connectivity index (χ2v) is 4.51. The van der Waals surface area contributed by atoms with Gasteiger partial charge in [0, 0.05) is 18.1 Å². The Morgan fingerprint density at radius 2 is 2.19 bits per heavy atom. The fourth-order valence-electron chi connectivity index (χ4n) is 2.34. The Morgan fingerprint density at radius 1 is 1.43 bits per heavy atom. The number of anilines is 1. The summed E-state index contributed by atoms with van der Waals surface area (Å²) in [4.78, 5) is 16.3. The number of aromatic nitrogens is 5. The van der Waals surface area contributed by atoms with Gasteiger partial charge in [0.15, 0.2) is 0 Å². The Kier molecular flexibility index (Phi) is 3.35. The van der Waals surface area contributed by atoms with Crippen molar-refractivity contribution in [2.75, 3.05) is 11.9 Å². The highest BCUT2D eigenvalue weighted by Crippen LogP contribution is 2.34. The van der Waals surface area contributed by atoms with Crippen molar-refractivity contribution in [3.8, 4) is 0 Å². The summed E-state index contributed by atoms with van der Waals surface area (Å²) in [6.07, 6.45) is 3.33. The summed E-state index contributed by atoms with van der Waals surface area (Å²) in [6.45, 7) is 3.88. The number of nitrogens with one attached hydrogen (secondary N) is 1. The van der Waals surface area contributed by atoms with Crippen molar-refractivity contribution in [1.29, 1.82) is 0 Å². The average Bonchev–Trinajstić information content (AvgIpc) is 2.94. The van der Waals surface area contributed by atoms with E-state index in [4.69, 9.17) is 4.74 Å². The lowest BCUT2D eigenvalue weighted by Crippen LogP contribution is -2.29. The monoisotopic (exact) mass is 286 g/mol. The van der Waals surface area contributed by atoms with Crippen LogP contribution in [0.3, 0.4) is 0 Å². The molecular formula is C13H14N6O2. The Bertz CT molecular complexity index is 694. The van der Waals surface area contributed by atoms with Gasteiger partial charge < -0.3 is 10.1 Å². The zero-order valence-corrected chi connectivity index (χ0v) is 11.6. The Morgan fingerprint density at radius 3 is 2.90 bits per heavy atom. The number of allylic oxidation sites excluding steroid dienone is 1. The zero-order chi connectivity index (χ0) is 14.8. The van der Waals surface area contributed by atoms with E-state index in [0.717, 1.165) is 5.56 Å². The zero-order valence-electron chi connectivity index (χ0n) is 11.6. The van der Waals surface area contributed by atoms with Crippen molar-refractivity contribution in [2.45, 2.75) is 19.9 Å². The molecule has 3 rings (SSSR count). The topological polar surface area (TPSA) is 94.8 Å². The molecule has 3 heterocycles. The smallest absolute Gasteiger partial charge is 0.338 e. The summed E-state index contributed by atoms with van der Waals surface area (Å²) in [5.41, 5.74) is 2.03. The minimum atomic E-state index is -0.432. The number of pyridine rings is 1. The first-order valence-electron chi connectivity index (χ1n) is 6.55. The molecular weight excluding hydrogens is 272 g/mol. The number of hydrogen-bond donors (Lipinski definition) is 1. The van der Waals surface area contributed by atoms with E-state index in [0.29, 0.717) is 23.8 Å². The van der Waals surface area contributed by atoms with Crippen molar-refractivity contribution in [3.63, 3.8) is 0 Å². The highest BCUT2D eigenvalue weighted by Gasteiger charge is 2.34. The van der Waals surface area contributed by atoms with Gasteiger partial charge in [0.2, 0.25) is 5.95 Å². The lowest BCUT2D eigenvalue weighted by molar-refractivity contribution is -0.139. The first kappa shape index (κ1) is 13.2. The van der Waals surface area contributed by atoms with Gasteiger partial charge in [-0.1, -0.05) is 5.10 Å². The highest BCUT2D eigenvalue weighted by molar-refractivity contribution is 5.92. The summed E-state index contributed by atoms with van der Waals surface area (Å²) < 4.78 is 6.72. The number of carbonyl (C=O) groups is 1. The van der Waals surface area contributed by atoms with Crippen molar-refractivity contribution in [1.82, 2.24) is 25.2 Å². The van der Waals surface area contributed by atoms with Crippen LogP contribution in [0.5, 0.6) is 0 Å². The predicted molar refractivity (Wildman–Crippen MR) is 73.1 cm³/mol. The quantitative estimate of drug-likeness (QED) is 0.838. The second-order valence-electron chi connectivity index (χ2n) is 4.51. The SMILES string of the molecule is CCOC(=O)C1=C(C)Nc2nnnn2C1c1ccncc1. The van der Waals surface area contributed by atoms with Crippen LogP contribution in [0.2, 0.25) is 0 Å². The molecule has 0 spiro atoms.